The summed E-state index contributed by atoms with van der Waals surface area (Å²) < 4.78 is 16.3. The van der Waals surface area contributed by atoms with Crippen molar-refractivity contribution in [3.05, 3.63) is 48.0 Å². The number of nitrogen functional groups attached to an aromatic ring is 1. The second kappa shape index (κ2) is 6.00. The van der Waals surface area contributed by atoms with Gasteiger partial charge in [0.15, 0.2) is 11.5 Å². The Morgan fingerprint density at radius 1 is 0.895 bits per heavy atom. The van der Waals surface area contributed by atoms with Crippen molar-refractivity contribution >= 4 is 5.69 Å². The fourth-order valence-electron chi connectivity index (χ4n) is 1.78. The average Bonchev–Trinajstić information content (AvgIpc) is 2.46. The van der Waals surface area contributed by atoms with Crippen molar-refractivity contribution < 1.29 is 14.2 Å². The lowest BCUT2D eigenvalue weighted by atomic mass is 10.2. The van der Waals surface area contributed by atoms with Crippen LogP contribution >= 0.6 is 0 Å². The first kappa shape index (κ1) is 13.1. The van der Waals surface area contributed by atoms with Crippen LogP contribution in [0.5, 0.6) is 17.2 Å². The largest absolute Gasteiger partial charge is 0.493 e. The predicted octanol–water partition coefficient (Wildman–Crippen LogP) is 2.87. The summed E-state index contributed by atoms with van der Waals surface area (Å²) >= 11 is 0. The van der Waals surface area contributed by atoms with E-state index in [2.05, 4.69) is 0 Å². The van der Waals surface area contributed by atoms with Crippen LogP contribution < -0.4 is 19.9 Å². The molecule has 0 radical (unpaired) electrons. The SMILES string of the molecule is COc1cccc(OC)c1OCc1ccccc1N. The van der Waals surface area contributed by atoms with E-state index >= 15 is 0 Å². The zero-order chi connectivity index (χ0) is 13.7. The van der Waals surface area contributed by atoms with Gasteiger partial charge in [0.25, 0.3) is 0 Å². The van der Waals surface area contributed by atoms with E-state index in [0.29, 0.717) is 29.5 Å². The normalized spacial score (nSPS) is 10.0. The van der Waals surface area contributed by atoms with Crippen LogP contribution in [0.3, 0.4) is 0 Å². The summed E-state index contributed by atoms with van der Waals surface area (Å²) in [6.07, 6.45) is 0. The fourth-order valence-corrected chi connectivity index (χ4v) is 1.78. The Kier molecular flexibility index (Phi) is 4.13. The van der Waals surface area contributed by atoms with Gasteiger partial charge in [-0.1, -0.05) is 24.3 Å². The molecule has 0 aliphatic carbocycles. The van der Waals surface area contributed by atoms with Crippen molar-refractivity contribution in [1.82, 2.24) is 0 Å². The lowest BCUT2D eigenvalue weighted by Crippen LogP contribution is -2.02. The first-order chi connectivity index (χ1) is 9.26. The summed E-state index contributed by atoms with van der Waals surface area (Å²) in [5.74, 6) is 1.85. The van der Waals surface area contributed by atoms with Crippen molar-refractivity contribution in [2.45, 2.75) is 6.61 Å². The van der Waals surface area contributed by atoms with Gasteiger partial charge in [-0.25, -0.2) is 0 Å². The van der Waals surface area contributed by atoms with Gasteiger partial charge in [0.1, 0.15) is 6.61 Å². The first-order valence-corrected chi connectivity index (χ1v) is 5.93. The molecule has 19 heavy (non-hydrogen) atoms. The van der Waals surface area contributed by atoms with Crippen LogP contribution in [0, 0.1) is 0 Å². The number of ether oxygens (including phenoxy) is 3. The van der Waals surface area contributed by atoms with Crippen LogP contribution in [0.4, 0.5) is 5.69 Å². The topological polar surface area (TPSA) is 53.7 Å². The molecular formula is C15H17NO3. The van der Waals surface area contributed by atoms with E-state index in [1.54, 1.807) is 14.2 Å². The van der Waals surface area contributed by atoms with Crippen molar-refractivity contribution in [2.24, 2.45) is 0 Å². The van der Waals surface area contributed by atoms with Gasteiger partial charge in [0.05, 0.1) is 14.2 Å². The molecule has 2 aromatic rings. The van der Waals surface area contributed by atoms with Gasteiger partial charge < -0.3 is 19.9 Å². The van der Waals surface area contributed by atoms with Crippen LogP contribution in [0.1, 0.15) is 5.56 Å². The molecule has 4 heteroatoms. The zero-order valence-electron chi connectivity index (χ0n) is 11.1. The molecule has 4 nitrogen and oxygen atoms in total. The van der Waals surface area contributed by atoms with E-state index in [9.17, 15) is 0 Å². The standard InChI is InChI=1S/C15H17NO3/c1-17-13-8-5-9-14(18-2)15(13)19-10-11-6-3-4-7-12(11)16/h3-9H,10,16H2,1-2H3. The molecule has 0 aliphatic heterocycles. The number of methoxy groups -OCH3 is 2. The maximum atomic E-state index is 5.88. The molecule has 0 unspecified atom stereocenters. The Morgan fingerprint density at radius 2 is 1.53 bits per heavy atom. The van der Waals surface area contributed by atoms with E-state index in [0.717, 1.165) is 5.56 Å². The molecule has 0 aromatic heterocycles. The molecule has 0 heterocycles. The highest BCUT2D eigenvalue weighted by molar-refractivity contribution is 5.52. The lowest BCUT2D eigenvalue weighted by Gasteiger charge is -2.14. The summed E-state index contributed by atoms with van der Waals surface area (Å²) in [6.45, 7) is 0.364. The van der Waals surface area contributed by atoms with Gasteiger partial charge in [-0.3, -0.25) is 0 Å². The Balaban J connectivity index is 2.21. The molecule has 0 saturated carbocycles. The number of para-hydroxylation sites is 2. The van der Waals surface area contributed by atoms with Crippen LogP contribution in [-0.4, -0.2) is 14.2 Å². The Morgan fingerprint density at radius 3 is 2.11 bits per heavy atom. The smallest absolute Gasteiger partial charge is 0.203 e. The molecule has 0 bridgehead atoms. The Hall–Kier alpha value is -2.36. The van der Waals surface area contributed by atoms with Crippen LogP contribution in [0.15, 0.2) is 42.5 Å². The van der Waals surface area contributed by atoms with Gasteiger partial charge in [0, 0.05) is 11.3 Å². The third-order valence-electron chi connectivity index (χ3n) is 2.81. The second-order valence-corrected chi connectivity index (χ2v) is 3.98. The van der Waals surface area contributed by atoms with Crippen molar-refractivity contribution in [3.63, 3.8) is 0 Å². The highest BCUT2D eigenvalue weighted by atomic mass is 16.5. The van der Waals surface area contributed by atoms with Crippen LogP contribution in [0.25, 0.3) is 0 Å². The van der Waals surface area contributed by atoms with E-state index in [4.69, 9.17) is 19.9 Å². The molecular weight excluding hydrogens is 242 g/mol. The maximum absolute atomic E-state index is 5.88. The molecule has 0 atom stereocenters. The second-order valence-electron chi connectivity index (χ2n) is 3.98. The molecule has 2 aromatic carbocycles. The Bertz CT molecular complexity index is 533. The summed E-state index contributed by atoms with van der Waals surface area (Å²) in [5, 5.41) is 0. The number of hydrogen-bond donors (Lipinski definition) is 1. The summed E-state index contributed by atoms with van der Waals surface area (Å²) in [6, 6.07) is 13.1. The fraction of sp³-hybridized carbons (Fsp3) is 0.200. The quantitative estimate of drug-likeness (QED) is 0.839. The zero-order valence-corrected chi connectivity index (χ0v) is 11.1. The third kappa shape index (κ3) is 2.91. The first-order valence-electron chi connectivity index (χ1n) is 5.93. The molecule has 0 aliphatic rings. The average molecular weight is 259 g/mol. The number of rotatable bonds is 5. The third-order valence-corrected chi connectivity index (χ3v) is 2.81. The van der Waals surface area contributed by atoms with Gasteiger partial charge in [-0.15, -0.1) is 0 Å². The van der Waals surface area contributed by atoms with Gasteiger partial charge in [-0.05, 0) is 18.2 Å². The molecule has 0 fully saturated rings. The van der Waals surface area contributed by atoms with Crippen LogP contribution in [-0.2, 0) is 6.61 Å². The number of hydrogen-bond acceptors (Lipinski definition) is 4. The van der Waals surface area contributed by atoms with Gasteiger partial charge in [-0.2, -0.15) is 0 Å². The molecule has 0 saturated heterocycles. The van der Waals surface area contributed by atoms with Crippen molar-refractivity contribution in [2.75, 3.05) is 20.0 Å². The van der Waals surface area contributed by atoms with E-state index in [1.165, 1.54) is 0 Å². The van der Waals surface area contributed by atoms with E-state index < -0.39 is 0 Å². The van der Waals surface area contributed by atoms with E-state index in [-0.39, 0.29) is 0 Å². The van der Waals surface area contributed by atoms with Crippen LogP contribution in [0.2, 0.25) is 0 Å². The molecule has 100 valence electrons. The predicted molar refractivity (Wildman–Crippen MR) is 74.7 cm³/mol. The highest BCUT2D eigenvalue weighted by Gasteiger charge is 2.11. The molecule has 0 spiro atoms. The monoisotopic (exact) mass is 259 g/mol. The van der Waals surface area contributed by atoms with E-state index in [1.807, 2.05) is 42.5 Å². The molecule has 2 N–H and O–H groups in total. The number of benzene rings is 2. The van der Waals surface area contributed by atoms with Gasteiger partial charge >= 0.3 is 0 Å². The van der Waals surface area contributed by atoms with Gasteiger partial charge in [0.2, 0.25) is 5.75 Å². The highest BCUT2D eigenvalue weighted by Crippen LogP contribution is 2.37. The number of nitrogens with two attached hydrogens (primary N) is 1. The van der Waals surface area contributed by atoms with Crippen molar-refractivity contribution in [1.29, 1.82) is 0 Å². The maximum Gasteiger partial charge on any atom is 0.203 e. The summed E-state index contributed by atoms with van der Waals surface area (Å²) in [4.78, 5) is 0. The van der Waals surface area contributed by atoms with Crippen molar-refractivity contribution in [3.8, 4) is 17.2 Å². The Labute approximate surface area is 112 Å². The molecule has 0 amide bonds. The summed E-state index contributed by atoms with van der Waals surface area (Å²) in [7, 11) is 3.19. The minimum Gasteiger partial charge on any atom is -0.493 e. The minimum atomic E-state index is 0.364. The minimum absolute atomic E-state index is 0.364. The summed E-state index contributed by atoms with van der Waals surface area (Å²) in [5.41, 5.74) is 7.51. The lowest BCUT2D eigenvalue weighted by molar-refractivity contribution is 0.266. The molecule has 2 rings (SSSR count). The number of anilines is 1.